The van der Waals surface area contributed by atoms with Crippen LogP contribution < -0.4 is 20.3 Å². The number of nitrogens with zero attached hydrogens (tertiary/aromatic N) is 2. The van der Waals surface area contributed by atoms with E-state index in [9.17, 15) is 9.59 Å². The largest absolute Gasteiger partial charge is 0.494 e. The van der Waals surface area contributed by atoms with Crippen LogP contribution in [0.25, 0.3) is 11.3 Å². The third kappa shape index (κ3) is 6.44. The summed E-state index contributed by atoms with van der Waals surface area (Å²) in [5, 5.41) is 7.27. The number of aromatic nitrogens is 2. The smallest absolute Gasteiger partial charge is 0.266 e. The minimum Gasteiger partial charge on any atom is -0.494 e. The van der Waals surface area contributed by atoms with Gasteiger partial charge in [-0.3, -0.25) is 9.59 Å². The van der Waals surface area contributed by atoms with Gasteiger partial charge in [-0.15, -0.1) is 0 Å². The van der Waals surface area contributed by atoms with Gasteiger partial charge in [0.15, 0.2) is 0 Å². The standard InChI is InChI=1S/C24H27N3O4/c1-3-30-20-9-5-18(6-10-20)17-23(28)25-15-16-27-24(29)14-13-22(26-27)19-7-11-21(12-8-19)31-4-2/h5-14H,3-4,15-17H2,1-2H3,(H,25,28). The first kappa shape index (κ1) is 22.1. The molecule has 0 aliphatic heterocycles. The molecule has 3 rings (SSSR count). The molecule has 0 spiro atoms. The van der Waals surface area contributed by atoms with E-state index in [-0.39, 0.29) is 17.9 Å². The van der Waals surface area contributed by atoms with Crippen LogP contribution in [0, 0.1) is 0 Å². The average Bonchev–Trinajstić information content (AvgIpc) is 2.77. The molecule has 0 saturated carbocycles. The van der Waals surface area contributed by atoms with Gasteiger partial charge in [-0.2, -0.15) is 5.10 Å². The topological polar surface area (TPSA) is 82.4 Å². The van der Waals surface area contributed by atoms with Crippen LogP contribution in [0.5, 0.6) is 11.5 Å². The van der Waals surface area contributed by atoms with Crippen molar-refractivity contribution >= 4 is 5.91 Å². The second-order valence-corrected chi connectivity index (χ2v) is 6.84. The summed E-state index contributed by atoms with van der Waals surface area (Å²) in [4.78, 5) is 24.4. The van der Waals surface area contributed by atoms with E-state index in [1.54, 1.807) is 6.07 Å². The Bertz CT molecular complexity index is 1040. The van der Waals surface area contributed by atoms with E-state index < -0.39 is 0 Å². The van der Waals surface area contributed by atoms with E-state index in [4.69, 9.17) is 9.47 Å². The van der Waals surface area contributed by atoms with Gasteiger partial charge in [-0.1, -0.05) is 12.1 Å². The van der Waals surface area contributed by atoms with Crippen LogP contribution in [-0.2, 0) is 17.8 Å². The molecule has 0 fully saturated rings. The summed E-state index contributed by atoms with van der Waals surface area (Å²) in [6, 6.07) is 18.2. The number of carbonyl (C=O) groups excluding carboxylic acids is 1. The molecular weight excluding hydrogens is 394 g/mol. The maximum Gasteiger partial charge on any atom is 0.266 e. The normalized spacial score (nSPS) is 10.5. The highest BCUT2D eigenvalue weighted by Crippen LogP contribution is 2.19. The Kier molecular flexibility index (Phi) is 7.81. The highest BCUT2D eigenvalue weighted by Gasteiger charge is 2.07. The Morgan fingerprint density at radius 2 is 1.52 bits per heavy atom. The minimum atomic E-state index is -0.213. The molecule has 2 aromatic carbocycles. The molecule has 0 bridgehead atoms. The van der Waals surface area contributed by atoms with Crippen LogP contribution in [0.3, 0.4) is 0 Å². The van der Waals surface area contributed by atoms with Gasteiger partial charge in [0.1, 0.15) is 11.5 Å². The van der Waals surface area contributed by atoms with E-state index in [1.165, 1.54) is 10.7 Å². The molecule has 162 valence electrons. The fourth-order valence-corrected chi connectivity index (χ4v) is 3.07. The van der Waals surface area contributed by atoms with Crippen molar-refractivity contribution in [1.82, 2.24) is 15.1 Å². The zero-order valence-electron chi connectivity index (χ0n) is 17.8. The van der Waals surface area contributed by atoms with Crippen molar-refractivity contribution in [1.29, 1.82) is 0 Å². The van der Waals surface area contributed by atoms with Crippen LogP contribution in [-0.4, -0.2) is 35.4 Å². The zero-order valence-corrected chi connectivity index (χ0v) is 17.8. The molecule has 0 aliphatic carbocycles. The summed E-state index contributed by atoms with van der Waals surface area (Å²) in [6.45, 7) is 5.67. The van der Waals surface area contributed by atoms with Crippen molar-refractivity contribution in [3.63, 3.8) is 0 Å². The summed E-state index contributed by atoms with van der Waals surface area (Å²) in [5.74, 6) is 1.46. The van der Waals surface area contributed by atoms with E-state index >= 15 is 0 Å². The van der Waals surface area contributed by atoms with E-state index in [1.807, 2.05) is 62.4 Å². The highest BCUT2D eigenvalue weighted by molar-refractivity contribution is 5.78. The summed E-state index contributed by atoms with van der Waals surface area (Å²) in [5.41, 5.74) is 2.25. The molecular formula is C24H27N3O4. The van der Waals surface area contributed by atoms with Crippen LogP contribution in [0.15, 0.2) is 65.5 Å². The summed E-state index contributed by atoms with van der Waals surface area (Å²) < 4.78 is 12.2. The van der Waals surface area contributed by atoms with Gasteiger partial charge in [-0.25, -0.2) is 4.68 Å². The second-order valence-electron chi connectivity index (χ2n) is 6.84. The monoisotopic (exact) mass is 421 g/mol. The molecule has 0 aliphatic rings. The lowest BCUT2D eigenvalue weighted by molar-refractivity contribution is -0.120. The molecule has 7 heteroatoms. The maximum absolute atomic E-state index is 12.2. The fourth-order valence-electron chi connectivity index (χ4n) is 3.07. The van der Waals surface area contributed by atoms with Crippen molar-refractivity contribution in [3.8, 4) is 22.8 Å². The highest BCUT2D eigenvalue weighted by atomic mass is 16.5. The first-order valence-electron chi connectivity index (χ1n) is 10.4. The first-order chi connectivity index (χ1) is 15.1. The van der Waals surface area contributed by atoms with Crippen molar-refractivity contribution in [3.05, 3.63) is 76.6 Å². The third-order valence-electron chi connectivity index (χ3n) is 4.57. The zero-order chi connectivity index (χ0) is 22.1. The maximum atomic E-state index is 12.2. The van der Waals surface area contributed by atoms with Crippen LogP contribution >= 0.6 is 0 Å². The molecule has 3 aromatic rings. The Balaban J connectivity index is 1.55. The number of nitrogens with one attached hydrogen (secondary N) is 1. The van der Waals surface area contributed by atoms with Crippen LogP contribution in [0.2, 0.25) is 0 Å². The molecule has 0 saturated heterocycles. The predicted molar refractivity (Wildman–Crippen MR) is 119 cm³/mol. The number of rotatable bonds is 10. The lowest BCUT2D eigenvalue weighted by Crippen LogP contribution is -2.32. The molecule has 0 atom stereocenters. The van der Waals surface area contributed by atoms with Crippen molar-refractivity contribution < 1.29 is 14.3 Å². The number of benzene rings is 2. The molecule has 0 unspecified atom stereocenters. The van der Waals surface area contributed by atoms with E-state index in [0.717, 1.165) is 22.6 Å². The van der Waals surface area contributed by atoms with Crippen LogP contribution in [0.1, 0.15) is 19.4 Å². The lowest BCUT2D eigenvalue weighted by Gasteiger charge is -2.09. The number of amides is 1. The molecule has 0 radical (unpaired) electrons. The molecule has 1 heterocycles. The molecule has 1 aromatic heterocycles. The number of hydrogen-bond acceptors (Lipinski definition) is 5. The average molecular weight is 421 g/mol. The SMILES string of the molecule is CCOc1ccc(CC(=O)NCCn2nc(-c3ccc(OCC)cc3)ccc2=O)cc1. The summed E-state index contributed by atoms with van der Waals surface area (Å²) in [6.07, 6.45) is 0.265. The fraction of sp³-hybridized carbons (Fsp3) is 0.292. The second kappa shape index (κ2) is 11.0. The lowest BCUT2D eigenvalue weighted by atomic mass is 10.1. The first-order valence-corrected chi connectivity index (χ1v) is 10.4. The van der Waals surface area contributed by atoms with Gasteiger partial charge in [0.05, 0.1) is 31.9 Å². The Morgan fingerprint density at radius 1 is 0.903 bits per heavy atom. The van der Waals surface area contributed by atoms with Crippen molar-refractivity contribution in [2.24, 2.45) is 0 Å². The van der Waals surface area contributed by atoms with Gasteiger partial charge in [0.25, 0.3) is 5.56 Å². The van der Waals surface area contributed by atoms with Gasteiger partial charge >= 0.3 is 0 Å². The molecule has 31 heavy (non-hydrogen) atoms. The van der Waals surface area contributed by atoms with Gasteiger partial charge in [0.2, 0.25) is 5.91 Å². The molecule has 7 nitrogen and oxygen atoms in total. The number of hydrogen-bond donors (Lipinski definition) is 1. The minimum absolute atomic E-state index is 0.111. The Labute approximate surface area is 181 Å². The molecule has 1 N–H and O–H groups in total. The van der Waals surface area contributed by atoms with Gasteiger partial charge in [-0.05, 0) is 61.9 Å². The van der Waals surface area contributed by atoms with Crippen molar-refractivity contribution in [2.75, 3.05) is 19.8 Å². The van der Waals surface area contributed by atoms with Gasteiger partial charge in [0, 0.05) is 18.2 Å². The summed E-state index contributed by atoms with van der Waals surface area (Å²) >= 11 is 0. The van der Waals surface area contributed by atoms with E-state index in [2.05, 4.69) is 10.4 Å². The van der Waals surface area contributed by atoms with Crippen LogP contribution in [0.4, 0.5) is 0 Å². The predicted octanol–water partition coefficient (Wildman–Crippen LogP) is 3.07. The molecule has 1 amide bonds. The van der Waals surface area contributed by atoms with Gasteiger partial charge < -0.3 is 14.8 Å². The van der Waals surface area contributed by atoms with E-state index in [0.29, 0.717) is 32.0 Å². The number of ether oxygens (including phenoxy) is 2. The Morgan fingerprint density at radius 3 is 2.13 bits per heavy atom. The summed E-state index contributed by atoms with van der Waals surface area (Å²) in [7, 11) is 0. The number of carbonyl (C=O) groups is 1. The van der Waals surface area contributed by atoms with Crippen molar-refractivity contribution in [2.45, 2.75) is 26.8 Å². The Hall–Kier alpha value is -3.61. The quantitative estimate of drug-likeness (QED) is 0.544. The third-order valence-corrected chi connectivity index (χ3v) is 4.57.